The molecule has 0 aromatic rings. The Morgan fingerprint density at radius 2 is 2.29 bits per heavy atom. The highest BCUT2D eigenvalue weighted by Crippen LogP contribution is 1.90. The van der Waals surface area contributed by atoms with Crippen molar-refractivity contribution < 1.29 is 9.47 Å². The van der Waals surface area contributed by atoms with Crippen LogP contribution in [0.1, 0.15) is 0 Å². The molecule has 2 heteroatoms. The number of ether oxygens (including phenoxy) is 2. The molecule has 0 saturated heterocycles. The van der Waals surface area contributed by atoms with E-state index in [1.165, 1.54) is 13.4 Å². The van der Waals surface area contributed by atoms with Gasteiger partial charge in [-0.2, -0.15) is 0 Å². The van der Waals surface area contributed by atoms with E-state index in [1.807, 2.05) is 0 Å². The Bertz CT molecular complexity index is 76.1. The molecule has 0 saturated carbocycles. The van der Waals surface area contributed by atoms with E-state index in [-0.39, 0.29) is 5.95 Å². The normalized spacial score (nSPS) is 7.00. The molecule has 0 aliphatic carbocycles. The maximum absolute atomic E-state index is 4.54. The predicted molar refractivity (Wildman–Crippen MR) is 27.4 cm³/mol. The number of rotatable bonds is 3. The van der Waals surface area contributed by atoms with Crippen molar-refractivity contribution in [2.75, 3.05) is 7.11 Å². The molecule has 0 aliphatic rings. The van der Waals surface area contributed by atoms with E-state index in [0.29, 0.717) is 0 Å². The van der Waals surface area contributed by atoms with Crippen LogP contribution in [0.25, 0.3) is 0 Å². The minimum absolute atomic E-state index is 0.259. The summed E-state index contributed by atoms with van der Waals surface area (Å²) in [5, 5.41) is 0. The summed E-state index contributed by atoms with van der Waals surface area (Å²) in [5.74, 6) is 0.259. The first-order valence-electron chi connectivity index (χ1n) is 1.81. The van der Waals surface area contributed by atoms with Crippen LogP contribution < -0.4 is 0 Å². The van der Waals surface area contributed by atoms with Gasteiger partial charge in [-0.05, 0) is 6.58 Å². The first kappa shape index (κ1) is 6.08. The Morgan fingerprint density at radius 3 is 2.43 bits per heavy atom. The van der Waals surface area contributed by atoms with E-state index in [4.69, 9.17) is 0 Å². The van der Waals surface area contributed by atoms with Crippen LogP contribution in [-0.4, -0.2) is 7.11 Å². The Morgan fingerprint density at radius 1 is 1.71 bits per heavy atom. The average Bonchev–Trinajstić information content (AvgIpc) is 1.68. The smallest absolute Gasteiger partial charge is 0.276 e. The van der Waals surface area contributed by atoms with Gasteiger partial charge in [0, 0.05) is 0 Å². The van der Waals surface area contributed by atoms with Crippen LogP contribution in [0.3, 0.4) is 0 Å². The van der Waals surface area contributed by atoms with Gasteiger partial charge in [-0.15, -0.1) is 0 Å². The highest BCUT2D eigenvalue weighted by atomic mass is 16.7. The van der Waals surface area contributed by atoms with Crippen molar-refractivity contribution >= 4 is 0 Å². The third kappa shape index (κ3) is 2.89. The molecule has 0 atom stereocenters. The minimum Gasteiger partial charge on any atom is -0.469 e. The Hall–Kier alpha value is -0.920. The van der Waals surface area contributed by atoms with Gasteiger partial charge in [0.1, 0.15) is 0 Å². The molecule has 0 bridgehead atoms. The summed E-state index contributed by atoms with van der Waals surface area (Å²) in [5.41, 5.74) is 0. The molecule has 0 radical (unpaired) electrons. The van der Waals surface area contributed by atoms with Crippen molar-refractivity contribution in [2.24, 2.45) is 0 Å². The molecule has 0 rings (SSSR count). The van der Waals surface area contributed by atoms with Gasteiger partial charge in [0.2, 0.25) is 0 Å². The highest BCUT2D eigenvalue weighted by Gasteiger charge is 1.80. The molecular weight excluding hydrogens is 92.1 g/mol. The Labute approximate surface area is 43.0 Å². The van der Waals surface area contributed by atoms with E-state index in [1.54, 1.807) is 0 Å². The van der Waals surface area contributed by atoms with Crippen LogP contribution in [0.15, 0.2) is 25.4 Å². The van der Waals surface area contributed by atoms with Gasteiger partial charge in [0.25, 0.3) is 5.95 Å². The monoisotopic (exact) mass is 100 g/mol. The zero-order valence-corrected chi connectivity index (χ0v) is 4.31. The summed E-state index contributed by atoms with van der Waals surface area (Å²) in [6.45, 7) is 6.63. The van der Waals surface area contributed by atoms with E-state index < -0.39 is 0 Å². The molecule has 0 unspecified atom stereocenters. The molecule has 7 heavy (non-hydrogen) atoms. The lowest BCUT2D eigenvalue weighted by atomic mass is 11.0. The van der Waals surface area contributed by atoms with Crippen molar-refractivity contribution in [1.29, 1.82) is 0 Å². The van der Waals surface area contributed by atoms with Crippen LogP contribution in [0, 0.1) is 0 Å². The average molecular weight is 100 g/mol. The predicted octanol–water partition coefficient (Wildman–Crippen LogP) is 1.26. The molecule has 0 aromatic heterocycles. The van der Waals surface area contributed by atoms with Crippen molar-refractivity contribution in [3.8, 4) is 0 Å². The molecule has 0 heterocycles. The van der Waals surface area contributed by atoms with E-state index in [0.717, 1.165) is 0 Å². The third-order valence-corrected chi connectivity index (χ3v) is 0.442. The van der Waals surface area contributed by atoms with Gasteiger partial charge >= 0.3 is 0 Å². The summed E-state index contributed by atoms with van der Waals surface area (Å²) in [6.07, 6.45) is 1.26. The fourth-order valence-electron chi connectivity index (χ4n) is 0.141. The zero-order chi connectivity index (χ0) is 5.70. The minimum atomic E-state index is 0.259. The van der Waals surface area contributed by atoms with Crippen LogP contribution >= 0.6 is 0 Å². The number of methoxy groups -OCH3 is 1. The van der Waals surface area contributed by atoms with Crippen LogP contribution in [0.4, 0.5) is 0 Å². The zero-order valence-electron chi connectivity index (χ0n) is 4.31. The summed E-state index contributed by atoms with van der Waals surface area (Å²) in [7, 11) is 1.48. The molecule has 0 aliphatic heterocycles. The lowest BCUT2D eigenvalue weighted by Gasteiger charge is -1.97. The van der Waals surface area contributed by atoms with Crippen LogP contribution in [0.5, 0.6) is 0 Å². The highest BCUT2D eigenvalue weighted by molar-refractivity contribution is 4.70. The molecule has 2 nitrogen and oxygen atoms in total. The number of hydrogen-bond acceptors (Lipinski definition) is 2. The van der Waals surface area contributed by atoms with Gasteiger partial charge in [-0.3, -0.25) is 0 Å². The van der Waals surface area contributed by atoms with Gasteiger partial charge in [0.05, 0.1) is 13.4 Å². The first-order valence-corrected chi connectivity index (χ1v) is 1.81. The Balaban J connectivity index is 3.17. The van der Waals surface area contributed by atoms with Crippen molar-refractivity contribution in [3.63, 3.8) is 0 Å². The van der Waals surface area contributed by atoms with Crippen LogP contribution in [0.2, 0.25) is 0 Å². The van der Waals surface area contributed by atoms with Gasteiger partial charge in [-0.1, -0.05) is 6.58 Å². The van der Waals surface area contributed by atoms with Crippen molar-refractivity contribution in [1.82, 2.24) is 0 Å². The van der Waals surface area contributed by atoms with Gasteiger partial charge in [-0.25, -0.2) is 0 Å². The summed E-state index contributed by atoms with van der Waals surface area (Å²) < 4.78 is 9.04. The van der Waals surface area contributed by atoms with E-state index >= 15 is 0 Å². The molecule has 0 aromatic carbocycles. The fourth-order valence-corrected chi connectivity index (χ4v) is 0.141. The largest absolute Gasteiger partial charge is 0.469 e. The lowest BCUT2D eigenvalue weighted by Crippen LogP contribution is -1.82. The Kier molecular flexibility index (Phi) is 2.85. The second-order valence-electron chi connectivity index (χ2n) is 0.861. The quantitative estimate of drug-likeness (QED) is 0.497. The maximum atomic E-state index is 4.54. The first-order chi connectivity index (χ1) is 3.31. The summed E-state index contributed by atoms with van der Waals surface area (Å²) in [4.78, 5) is 0. The molecule has 0 spiro atoms. The maximum Gasteiger partial charge on any atom is 0.276 e. The molecule has 0 fully saturated rings. The van der Waals surface area contributed by atoms with Crippen molar-refractivity contribution in [2.45, 2.75) is 0 Å². The number of hydrogen-bond donors (Lipinski definition) is 0. The fraction of sp³-hybridized carbons (Fsp3) is 0.200. The van der Waals surface area contributed by atoms with Gasteiger partial charge in [0.15, 0.2) is 0 Å². The molecule has 0 N–H and O–H groups in total. The summed E-state index contributed by atoms with van der Waals surface area (Å²) >= 11 is 0. The molecular formula is C5H8O2. The standard InChI is InChI=1S/C5H8O2/c1-4-7-5(2)6-3/h4H,1-2H2,3H3. The molecule has 0 amide bonds. The topological polar surface area (TPSA) is 18.5 Å². The second-order valence-corrected chi connectivity index (χ2v) is 0.861. The van der Waals surface area contributed by atoms with E-state index in [2.05, 4.69) is 22.6 Å². The lowest BCUT2D eigenvalue weighted by molar-refractivity contribution is 0.123. The second kappa shape index (κ2) is 3.28. The summed E-state index contributed by atoms with van der Waals surface area (Å²) in [6, 6.07) is 0. The van der Waals surface area contributed by atoms with E-state index in [9.17, 15) is 0 Å². The van der Waals surface area contributed by atoms with Crippen molar-refractivity contribution in [3.05, 3.63) is 25.4 Å². The SMILES string of the molecule is C=COC(=C)OC. The molecule has 40 valence electrons. The van der Waals surface area contributed by atoms with Crippen LogP contribution in [-0.2, 0) is 9.47 Å². The van der Waals surface area contributed by atoms with Gasteiger partial charge < -0.3 is 9.47 Å². The third-order valence-electron chi connectivity index (χ3n) is 0.442.